The molecule has 0 radical (unpaired) electrons. The van der Waals surface area contributed by atoms with E-state index in [-0.39, 0.29) is 18.2 Å². The van der Waals surface area contributed by atoms with Gasteiger partial charge in [0.25, 0.3) is 0 Å². The van der Waals surface area contributed by atoms with Crippen LogP contribution < -0.4 is 0 Å². The molecule has 1 saturated heterocycles. The Labute approximate surface area is 104 Å². The first kappa shape index (κ1) is 14.3. The van der Waals surface area contributed by atoms with Crippen LogP contribution >= 0.6 is 0 Å². The Hall–Kier alpha value is -0.770. The zero-order chi connectivity index (χ0) is 13.3. The SMILES string of the molecule is CC(C)(C)OC(=O)N1CCC(CCO)C1(C)C. The number of hydrogen-bond donors (Lipinski definition) is 1. The van der Waals surface area contributed by atoms with Gasteiger partial charge >= 0.3 is 6.09 Å². The van der Waals surface area contributed by atoms with Gasteiger partial charge in [0.1, 0.15) is 5.60 Å². The molecule has 1 rings (SSSR count). The Morgan fingerprint density at radius 3 is 2.53 bits per heavy atom. The average molecular weight is 243 g/mol. The Morgan fingerprint density at radius 1 is 1.47 bits per heavy atom. The lowest BCUT2D eigenvalue weighted by Gasteiger charge is -2.36. The van der Waals surface area contributed by atoms with Gasteiger partial charge < -0.3 is 14.7 Å². The molecule has 1 fully saturated rings. The van der Waals surface area contributed by atoms with E-state index in [2.05, 4.69) is 0 Å². The first-order valence-electron chi connectivity index (χ1n) is 6.30. The smallest absolute Gasteiger partial charge is 0.410 e. The predicted octanol–water partition coefficient (Wildman–Crippen LogP) is 2.40. The summed E-state index contributed by atoms with van der Waals surface area (Å²) in [6.45, 7) is 10.6. The average Bonchev–Trinajstić information content (AvgIpc) is 2.40. The highest BCUT2D eigenvalue weighted by Crippen LogP contribution is 2.37. The van der Waals surface area contributed by atoms with E-state index in [1.165, 1.54) is 0 Å². The minimum Gasteiger partial charge on any atom is -0.444 e. The van der Waals surface area contributed by atoms with Gasteiger partial charge in [-0.2, -0.15) is 0 Å². The fourth-order valence-electron chi connectivity index (χ4n) is 2.44. The number of hydrogen-bond acceptors (Lipinski definition) is 3. The number of rotatable bonds is 2. The largest absolute Gasteiger partial charge is 0.444 e. The van der Waals surface area contributed by atoms with Crippen molar-refractivity contribution in [3.8, 4) is 0 Å². The van der Waals surface area contributed by atoms with Crippen LogP contribution in [0.5, 0.6) is 0 Å². The van der Waals surface area contributed by atoms with Crippen molar-refractivity contribution in [2.45, 2.75) is 58.6 Å². The molecule has 1 aliphatic rings. The van der Waals surface area contributed by atoms with E-state index >= 15 is 0 Å². The number of nitrogens with zero attached hydrogens (tertiary/aromatic N) is 1. The maximum absolute atomic E-state index is 12.1. The molecule has 1 amide bonds. The van der Waals surface area contributed by atoms with Crippen molar-refractivity contribution in [1.82, 2.24) is 4.90 Å². The summed E-state index contributed by atoms with van der Waals surface area (Å²) in [5, 5.41) is 9.04. The lowest BCUT2D eigenvalue weighted by Crippen LogP contribution is -2.48. The maximum Gasteiger partial charge on any atom is 0.410 e. The van der Waals surface area contributed by atoms with Gasteiger partial charge in [0.15, 0.2) is 0 Å². The lowest BCUT2D eigenvalue weighted by molar-refractivity contribution is 0.00778. The number of aliphatic hydroxyl groups is 1. The Bertz CT molecular complexity index is 281. The molecule has 0 saturated carbocycles. The monoisotopic (exact) mass is 243 g/mol. The van der Waals surface area contributed by atoms with Gasteiger partial charge in [-0.15, -0.1) is 0 Å². The third-order valence-electron chi connectivity index (χ3n) is 3.49. The van der Waals surface area contributed by atoms with Gasteiger partial charge in [0.2, 0.25) is 0 Å². The molecule has 0 aromatic rings. The zero-order valence-electron chi connectivity index (χ0n) is 11.6. The second-order valence-corrected chi connectivity index (χ2v) is 6.28. The van der Waals surface area contributed by atoms with E-state index in [9.17, 15) is 4.79 Å². The summed E-state index contributed by atoms with van der Waals surface area (Å²) >= 11 is 0. The lowest BCUT2D eigenvalue weighted by atomic mass is 9.86. The van der Waals surface area contributed by atoms with Gasteiger partial charge in [0.05, 0.1) is 0 Å². The van der Waals surface area contributed by atoms with Crippen LogP contribution in [0.25, 0.3) is 0 Å². The van der Waals surface area contributed by atoms with E-state index in [0.717, 1.165) is 12.8 Å². The summed E-state index contributed by atoms with van der Waals surface area (Å²) in [7, 11) is 0. The normalized spacial score (nSPS) is 23.9. The van der Waals surface area contributed by atoms with Crippen LogP contribution in [-0.2, 0) is 4.74 Å². The van der Waals surface area contributed by atoms with E-state index < -0.39 is 5.60 Å². The van der Waals surface area contributed by atoms with Crippen molar-refractivity contribution in [2.75, 3.05) is 13.2 Å². The minimum atomic E-state index is -0.456. The van der Waals surface area contributed by atoms with Crippen molar-refractivity contribution in [3.05, 3.63) is 0 Å². The van der Waals surface area contributed by atoms with Gasteiger partial charge in [-0.3, -0.25) is 0 Å². The molecule has 0 spiro atoms. The minimum absolute atomic E-state index is 0.177. The molecule has 4 heteroatoms. The second kappa shape index (κ2) is 4.84. The molecule has 0 aliphatic carbocycles. The van der Waals surface area contributed by atoms with E-state index in [0.29, 0.717) is 12.5 Å². The number of carbonyl (C=O) groups excluding carboxylic acids is 1. The van der Waals surface area contributed by atoms with Crippen molar-refractivity contribution in [2.24, 2.45) is 5.92 Å². The molecule has 0 aromatic carbocycles. The number of likely N-dealkylation sites (tertiary alicyclic amines) is 1. The Balaban J connectivity index is 2.70. The molecule has 1 heterocycles. The summed E-state index contributed by atoms with van der Waals surface area (Å²) in [6, 6.07) is 0. The summed E-state index contributed by atoms with van der Waals surface area (Å²) in [5.41, 5.74) is -0.687. The quantitative estimate of drug-likeness (QED) is 0.810. The van der Waals surface area contributed by atoms with Gasteiger partial charge in [-0.25, -0.2) is 4.79 Å². The standard InChI is InChI=1S/C13H25NO3/c1-12(2,3)17-11(16)14-8-6-10(7-9-15)13(14,4)5/h10,15H,6-9H2,1-5H3. The highest BCUT2D eigenvalue weighted by atomic mass is 16.6. The van der Waals surface area contributed by atoms with Gasteiger partial charge in [-0.05, 0) is 53.4 Å². The van der Waals surface area contributed by atoms with Gasteiger partial charge in [-0.1, -0.05) is 0 Å². The molecule has 1 atom stereocenters. The molecule has 100 valence electrons. The van der Waals surface area contributed by atoms with Crippen LogP contribution in [0, 0.1) is 5.92 Å². The fourth-order valence-corrected chi connectivity index (χ4v) is 2.44. The van der Waals surface area contributed by atoms with Crippen LogP contribution in [0.4, 0.5) is 4.79 Å². The van der Waals surface area contributed by atoms with E-state index in [1.807, 2.05) is 34.6 Å². The second-order valence-electron chi connectivity index (χ2n) is 6.28. The van der Waals surface area contributed by atoms with Crippen LogP contribution in [0.1, 0.15) is 47.5 Å². The molecular formula is C13H25NO3. The molecule has 0 aromatic heterocycles. The first-order valence-corrected chi connectivity index (χ1v) is 6.30. The predicted molar refractivity (Wildman–Crippen MR) is 66.8 cm³/mol. The van der Waals surface area contributed by atoms with Crippen molar-refractivity contribution in [1.29, 1.82) is 0 Å². The van der Waals surface area contributed by atoms with Crippen molar-refractivity contribution < 1.29 is 14.6 Å². The van der Waals surface area contributed by atoms with E-state index in [1.54, 1.807) is 4.90 Å². The number of ether oxygens (including phenoxy) is 1. The fraction of sp³-hybridized carbons (Fsp3) is 0.923. The van der Waals surface area contributed by atoms with Crippen LogP contribution in [-0.4, -0.2) is 40.4 Å². The summed E-state index contributed by atoms with van der Waals surface area (Å²) in [4.78, 5) is 13.9. The van der Waals surface area contributed by atoms with Crippen molar-refractivity contribution in [3.63, 3.8) is 0 Å². The Morgan fingerprint density at radius 2 is 2.06 bits per heavy atom. The summed E-state index contributed by atoms with van der Waals surface area (Å²) < 4.78 is 5.41. The molecule has 1 aliphatic heterocycles. The van der Waals surface area contributed by atoms with Crippen LogP contribution in [0.3, 0.4) is 0 Å². The number of amides is 1. The highest BCUT2D eigenvalue weighted by Gasteiger charge is 2.44. The first-order chi connectivity index (χ1) is 7.68. The van der Waals surface area contributed by atoms with Crippen LogP contribution in [0.15, 0.2) is 0 Å². The van der Waals surface area contributed by atoms with Gasteiger partial charge in [0, 0.05) is 18.7 Å². The maximum atomic E-state index is 12.1. The third kappa shape index (κ3) is 3.35. The Kier molecular flexibility index (Phi) is 4.07. The molecule has 17 heavy (non-hydrogen) atoms. The molecular weight excluding hydrogens is 218 g/mol. The molecule has 4 nitrogen and oxygen atoms in total. The van der Waals surface area contributed by atoms with Crippen LogP contribution in [0.2, 0.25) is 0 Å². The molecule has 0 bridgehead atoms. The highest BCUT2D eigenvalue weighted by molar-refractivity contribution is 5.69. The third-order valence-corrected chi connectivity index (χ3v) is 3.49. The topological polar surface area (TPSA) is 49.8 Å². The summed E-state index contributed by atoms with van der Waals surface area (Å²) in [6.07, 6.45) is 1.43. The molecule has 1 N–H and O–H groups in total. The van der Waals surface area contributed by atoms with E-state index in [4.69, 9.17) is 9.84 Å². The number of carbonyl (C=O) groups is 1. The number of aliphatic hydroxyl groups excluding tert-OH is 1. The molecule has 1 unspecified atom stereocenters. The van der Waals surface area contributed by atoms with Crippen molar-refractivity contribution >= 4 is 6.09 Å². The zero-order valence-corrected chi connectivity index (χ0v) is 11.6. The summed E-state index contributed by atoms with van der Waals surface area (Å²) in [5.74, 6) is 0.347.